The minimum atomic E-state index is -0.312. The number of nitrogens with two attached hydrogens (primary N) is 1. The van der Waals surface area contributed by atoms with Gasteiger partial charge in [-0.3, -0.25) is 0 Å². The first kappa shape index (κ1) is 15.8. The van der Waals surface area contributed by atoms with Crippen molar-refractivity contribution >= 4 is 15.9 Å². The second kappa shape index (κ2) is 6.91. The van der Waals surface area contributed by atoms with E-state index in [0.717, 1.165) is 11.1 Å². The molecular weight excluding hydrogens is 337 g/mol. The molecular formula is C16H17BrFNO2. The molecule has 0 aliphatic carbocycles. The van der Waals surface area contributed by atoms with Crippen molar-refractivity contribution in [3.63, 3.8) is 0 Å². The molecule has 2 N–H and O–H groups in total. The summed E-state index contributed by atoms with van der Waals surface area (Å²) >= 11 is 3.25. The molecule has 0 radical (unpaired) electrons. The van der Waals surface area contributed by atoms with Gasteiger partial charge in [-0.05, 0) is 51.7 Å². The van der Waals surface area contributed by atoms with Gasteiger partial charge in [0.05, 0.1) is 18.7 Å². The molecule has 3 nitrogen and oxygen atoms in total. The van der Waals surface area contributed by atoms with Crippen LogP contribution in [0.5, 0.6) is 11.5 Å². The monoisotopic (exact) mass is 353 g/mol. The van der Waals surface area contributed by atoms with Gasteiger partial charge in [0, 0.05) is 6.04 Å². The molecule has 0 aliphatic rings. The molecule has 1 unspecified atom stereocenters. The van der Waals surface area contributed by atoms with Crippen molar-refractivity contribution in [3.8, 4) is 11.5 Å². The van der Waals surface area contributed by atoms with E-state index in [-0.39, 0.29) is 11.9 Å². The third kappa shape index (κ3) is 3.54. The Labute approximate surface area is 132 Å². The summed E-state index contributed by atoms with van der Waals surface area (Å²) in [6.07, 6.45) is 0.572. The zero-order chi connectivity index (χ0) is 15.4. The van der Waals surface area contributed by atoms with Gasteiger partial charge in [0.1, 0.15) is 5.82 Å². The second-order valence-electron chi connectivity index (χ2n) is 4.64. The van der Waals surface area contributed by atoms with Gasteiger partial charge in [0.15, 0.2) is 11.5 Å². The fourth-order valence-electron chi connectivity index (χ4n) is 2.18. The maximum atomic E-state index is 13.6. The van der Waals surface area contributed by atoms with E-state index in [2.05, 4.69) is 15.9 Å². The Kier molecular flexibility index (Phi) is 5.20. The predicted octanol–water partition coefficient (Wildman–Crippen LogP) is 3.85. The number of hydrogen-bond acceptors (Lipinski definition) is 3. The molecule has 21 heavy (non-hydrogen) atoms. The molecule has 0 amide bonds. The maximum absolute atomic E-state index is 13.6. The van der Waals surface area contributed by atoms with Crippen LogP contribution >= 0.6 is 15.9 Å². The third-order valence-electron chi connectivity index (χ3n) is 3.28. The Hall–Kier alpha value is -1.59. The summed E-state index contributed by atoms with van der Waals surface area (Å²) in [6, 6.07) is 10.2. The van der Waals surface area contributed by atoms with Crippen molar-refractivity contribution in [3.05, 3.63) is 57.8 Å². The minimum absolute atomic E-state index is 0.310. The predicted molar refractivity (Wildman–Crippen MR) is 84.3 cm³/mol. The average molecular weight is 354 g/mol. The highest BCUT2D eigenvalue weighted by atomic mass is 79.9. The SMILES string of the molecule is COc1ccc(CC(N)c2cccc(F)c2Br)cc1OC. The van der Waals surface area contributed by atoms with E-state index < -0.39 is 0 Å². The molecule has 0 spiro atoms. The molecule has 112 valence electrons. The van der Waals surface area contributed by atoms with E-state index in [1.165, 1.54) is 6.07 Å². The van der Waals surface area contributed by atoms with E-state index in [1.54, 1.807) is 20.3 Å². The molecule has 0 aliphatic heterocycles. The topological polar surface area (TPSA) is 44.5 Å². The van der Waals surface area contributed by atoms with Crippen LogP contribution in [-0.2, 0) is 6.42 Å². The number of methoxy groups -OCH3 is 2. The van der Waals surface area contributed by atoms with Crippen LogP contribution in [0.25, 0.3) is 0 Å². The standard InChI is InChI=1S/C16H17BrFNO2/c1-20-14-7-6-10(9-15(14)21-2)8-13(19)11-4-3-5-12(18)16(11)17/h3-7,9,13H,8,19H2,1-2H3. The van der Waals surface area contributed by atoms with Crippen LogP contribution in [0.4, 0.5) is 4.39 Å². The molecule has 0 aromatic heterocycles. The van der Waals surface area contributed by atoms with E-state index in [0.29, 0.717) is 22.4 Å². The normalized spacial score (nSPS) is 12.0. The summed E-state index contributed by atoms with van der Waals surface area (Å²) in [5.41, 5.74) is 7.93. The highest BCUT2D eigenvalue weighted by molar-refractivity contribution is 9.10. The van der Waals surface area contributed by atoms with Crippen LogP contribution in [0, 0.1) is 5.82 Å². The smallest absolute Gasteiger partial charge is 0.160 e. The van der Waals surface area contributed by atoms with Gasteiger partial charge >= 0.3 is 0 Å². The number of hydrogen-bond donors (Lipinski definition) is 1. The summed E-state index contributed by atoms with van der Waals surface area (Å²) in [6.45, 7) is 0. The van der Waals surface area contributed by atoms with Gasteiger partial charge < -0.3 is 15.2 Å². The fourth-order valence-corrected chi connectivity index (χ4v) is 2.74. The van der Waals surface area contributed by atoms with E-state index in [1.807, 2.05) is 24.3 Å². The molecule has 5 heteroatoms. The molecule has 2 aromatic carbocycles. The quantitative estimate of drug-likeness (QED) is 0.887. The van der Waals surface area contributed by atoms with Crippen molar-refractivity contribution in [2.75, 3.05) is 14.2 Å². The van der Waals surface area contributed by atoms with Crippen LogP contribution in [0.1, 0.15) is 17.2 Å². The Morgan fingerprint density at radius 1 is 1.14 bits per heavy atom. The summed E-state index contributed by atoms with van der Waals surface area (Å²) in [7, 11) is 3.18. The van der Waals surface area contributed by atoms with Gasteiger partial charge in [-0.2, -0.15) is 0 Å². The van der Waals surface area contributed by atoms with E-state index in [4.69, 9.17) is 15.2 Å². The summed E-state index contributed by atoms with van der Waals surface area (Å²) in [5, 5.41) is 0. The first-order valence-corrected chi connectivity index (χ1v) is 7.26. The van der Waals surface area contributed by atoms with E-state index >= 15 is 0 Å². The van der Waals surface area contributed by atoms with Gasteiger partial charge in [0.2, 0.25) is 0 Å². The van der Waals surface area contributed by atoms with Crippen molar-refractivity contribution in [2.24, 2.45) is 5.73 Å². The first-order valence-electron chi connectivity index (χ1n) is 6.47. The van der Waals surface area contributed by atoms with Crippen molar-refractivity contribution in [1.82, 2.24) is 0 Å². The van der Waals surface area contributed by atoms with Gasteiger partial charge in [0.25, 0.3) is 0 Å². The number of benzene rings is 2. The molecule has 0 heterocycles. The lowest BCUT2D eigenvalue weighted by Crippen LogP contribution is -2.14. The van der Waals surface area contributed by atoms with Crippen molar-refractivity contribution < 1.29 is 13.9 Å². The first-order chi connectivity index (χ1) is 10.1. The molecule has 2 rings (SSSR count). The lowest BCUT2D eigenvalue weighted by molar-refractivity contribution is 0.354. The lowest BCUT2D eigenvalue weighted by atomic mass is 9.99. The van der Waals surface area contributed by atoms with Crippen LogP contribution in [0.15, 0.2) is 40.9 Å². The van der Waals surface area contributed by atoms with E-state index in [9.17, 15) is 4.39 Å². The van der Waals surface area contributed by atoms with Crippen LogP contribution in [0.3, 0.4) is 0 Å². The second-order valence-corrected chi connectivity index (χ2v) is 5.44. The van der Waals surface area contributed by atoms with Crippen molar-refractivity contribution in [1.29, 1.82) is 0 Å². The Balaban J connectivity index is 2.23. The number of rotatable bonds is 5. The molecule has 0 saturated carbocycles. The van der Waals surface area contributed by atoms with Crippen LogP contribution in [-0.4, -0.2) is 14.2 Å². The Morgan fingerprint density at radius 3 is 2.52 bits per heavy atom. The third-order valence-corrected chi connectivity index (χ3v) is 4.12. The van der Waals surface area contributed by atoms with Gasteiger partial charge in [-0.25, -0.2) is 4.39 Å². The zero-order valence-corrected chi connectivity index (χ0v) is 13.5. The fraction of sp³-hybridized carbons (Fsp3) is 0.250. The molecule has 0 bridgehead atoms. The highest BCUT2D eigenvalue weighted by Crippen LogP contribution is 2.31. The van der Waals surface area contributed by atoms with Crippen molar-refractivity contribution in [2.45, 2.75) is 12.5 Å². The Bertz CT molecular complexity index is 634. The molecule has 1 atom stereocenters. The minimum Gasteiger partial charge on any atom is -0.493 e. The number of halogens is 2. The molecule has 2 aromatic rings. The lowest BCUT2D eigenvalue weighted by Gasteiger charge is -2.16. The largest absolute Gasteiger partial charge is 0.493 e. The summed E-state index contributed by atoms with van der Waals surface area (Å²) in [5.74, 6) is 1.01. The molecule has 0 fully saturated rings. The maximum Gasteiger partial charge on any atom is 0.160 e. The van der Waals surface area contributed by atoms with Crippen LogP contribution < -0.4 is 15.2 Å². The van der Waals surface area contributed by atoms with Gasteiger partial charge in [-0.15, -0.1) is 0 Å². The van der Waals surface area contributed by atoms with Gasteiger partial charge in [-0.1, -0.05) is 18.2 Å². The summed E-state index contributed by atoms with van der Waals surface area (Å²) in [4.78, 5) is 0. The Morgan fingerprint density at radius 2 is 1.86 bits per heavy atom. The summed E-state index contributed by atoms with van der Waals surface area (Å²) < 4.78 is 24.4. The number of ether oxygens (including phenoxy) is 2. The average Bonchev–Trinajstić information content (AvgIpc) is 2.49. The molecule has 0 saturated heterocycles. The van der Waals surface area contributed by atoms with Crippen LogP contribution in [0.2, 0.25) is 0 Å². The highest BCUT2D eigenvalue weighted by Gasteiger charge is 2.14. The zero-order valence-electron chi connectivity index (χ0n) is 11.9.